The van der Waals surface area contributed by atoms with E-state index in [1.807, 2.05) is 0 Å². The van der Waals surface area contributed by atoms with E-state index in [2.05, 4.69) is 93.5 Å². The highest BCUT2D eigenvalue weighted by Gasteiger charge is 2.47. The van der Waals surface area contributed by atoms with Gasteiger partial charge in [0.2, 0.25) is 0 Å². The third-order valence-corrected chi connectivity index (χ3v) is 2.97. The molecule has 0 unspecified atom stereocenters. The monoisotopic (exact) mass is 412 g/mol. The highest BCUT2D eigenvalue weighted by Crippen LogP contribution is 2.19. The predicted octanol–water partition coefficient (Wildman–Crippen LogP) is 1.30. The maximum atomic E-state index is 11.8. The molecule has 6 nitrogen and oxygen atoms in total. The molecule has 0 aromatic heterocycles. The van der Waals surface area contributed by atoms with Crippen molar-refractivity contribution in [1.29, 1.82) is 0 Å². The molecule has 1 aliphatic heterocycles. The van der Waals surface area contributed by atoms with Crippen molar-refractivity contribution in [3.8, 4) is 95.2 Å². The zero-order chi connectivity index (χ0) is 21.5. The van der Waals surface area contributed by atoms with Gasteiger partial charge >= 0.3 is 5.97 Å². The van der Waals surface area contributed by atoms with Gasteiger partial charge in [-0.1, -0.05) is 5.92 Å². The van der Waals surface area contributed by atoms with Crippen LogP contribution in [0, 0.1) is 95.2 Å². The summed E-state index contributed by atoms with van der Waals surface area (Å²) in [5.41, 5.74) is 0. The minimum atomic E-state index is -1.81. The third kappa shape index (κ3) is 8.15. The van der Waals surface area contributed by atoms with E-state index in [1.54, 1.807) is 0 Å². The lowest BCUT2D eigenvalue weighted by Gasteiger charge is -2.17. The minimum absolute atomic E-state index is 0. The normalized spacial score (nSPS) is 18.4. The Morgan fingerprint density at radius 2 is 1.38 bits per heavy atom. The number of terminal acetylenes is 1. The van der Waals surface area contributed by atoms with Crippen LogP contribution < -0.4 is 0 Å². The second kappa shape index (κ2) is 12.8. The first kappa shape index (κ1) is 22.5. The molecular weight excluding hydrogens is 372 g/mol. The molecule has 1 saturated heterocycles. The van der Waals surface area contributed by atoms with Gasteiger partial charge in [0.05, 0.1) is 6.42 Å². The summed E-state index contributed by atoms with van der Waals surface area (Å²) in [4.78, 5) is 22.8. The van der Waals surface area contributed by atoms with Gasteiger partial charge in [-0.25, -0.2) is 4.79 Å². The molecule has 0 bridgehead atoms. The fourth-order valence-electron chi connectivity index (χ4n) is 1.69. The van der Waals surface area contributed by atoms with Gasteiger partial charge in [0, 0.05) is 21.4 Å². The Hall–Kier alpha value is -4.50. The van der Waals surface area contributed by atoms with Gasteiger partial charge in [0.25, 0.3) is 0 Å². The fraction of sp³-hybridized carbons (Fsp3) is 0.217. The second-order valence-electron chi connectivity index (χ2n) is 4.87. The zero-order valence-corrected chi connectivity index (χ0v) is 14.7. The van der Waals surface area contributed by atoms with Crippen LogP contribution in [0.4, 0.5) is 0 Å². The van der Waals surface area contributed by atoms with Crippen LogP contribution in [0.3, 0.4) is 0 Å². The van der Waals surface area contributed by atoms with Crippen LogP contribution in [-0.2, 0) is 14.3 Å². The summed E-state index contributed by atoms with van der Waals surface area (Å²) in [7, 11) is 0. The molecule has 1 fully saturated rings. The summed E-state index contributed by atoms with van der Waals surface area (Å²) in [6.45, 7) is 0. The lowest BCUT2D eigenvalue weighted by atomic mass is 10.0. The number of ketones is 1. The van der Waals surface area contributed by atoms with Gasteiger partial charge in [-0.15, -0.1) is 6.42 Å². The first-order valence-corrected chi connectivity index (χ1v) is 7.70. The van der Waals surface area contributed by atoms with E-state index in [1.165, 1.54) is 0 Å². The van der Waals surface area contributed by atoms with Gasteiger partial charge in [0.1, 0.15) is 6.10 Å². The minimum Gasteiger partial charge on any atom is -0.454 e. The molecule has 3 N–H and O–H groups in total. The van der Waals surface area contributed by atoms with Crippen LogP contribution in [0.5, 0.6) is 0 Å². The molecule has 29 heavy (non-hydrogen) atoms. The zero-order valence-electron chi connectivity index (χ0n) is 14.7. The summed E-state index contributed by atoms with van der Waals surface area (Å²) >= 11 is 0. The SMILES string of the molecule is C#CC#CC#CC#CC#CC#CC#CC#CCC(=O)[C@H](O)[C@H]1OC(=O)[C@@H](O)[C@H]1O.[HH].[HH].[HH].[HH].[HH].[HH].[HH].[HH].[HH].[HH].[HH].[HH].[HH].[HH].[HH]. The van der Waals surface area contributed by atoms with Crippen molar-refractivity contribution in [2.45, 2.75) is 30.8 Å². The van der Waals surface area contributed by atoms with Crippen molar-refractivity contribution in [2.24, 2.45) is 0 Å². The highest BCUT2D eigenvalue weighted by molar-refractivity contribution is 5.87. The van der Waals surface area contributed by atoms with E-state index >= 15 is 0 Å². The Labute approximate surface area is 190 Å². The second-order valence-corrected chi connectivity index (χ2v) is 4.87. The van der Waals surface area contributed by atoms with Crippen molar-refractivity contribution < 1.29 is 51.0 Å². The number of Topliss-reactive ketones (excluding diaryl/α,β-unsaturated/α-hetero) is 1. The standard InChI is InChI=1S/C23H10O6.15H2/c1-2-3-4-5-6-7-8-9-10-11-12-13-14-15-16-17-18(24)19(25)22-20(26)21(27)23(28)29-22;;;;;;;;;;;;;;;/h1,19-22,25-27H,17H2;15*1H/t19-,20+,21-,22+;;;;;;;;;;;;;;;/m0.............../s1. The molecule has 1 aliphatic rings. The Bertz CT molecular complexity index is 1190. The van der Waals surface area contributed by atoms with Gasteiger partial charge in [-0.3, -0.25) is 4.79 Å². The number of aliphatic hydroxyl groups excluding tert-OH is 3. The molecule has 0 radical (unpaired) electrons. The summed E-state index contributed by atoms with van der Waals surface area (Å²) in [6, 6.07) is 0. The number of hydrogen-bond acceptors (Lipinski definition) is 6. The number of aliphatic hydroxyl groups is 3. The molecule has 1 heterocycles. The molecule has 168 valence electrons. The molecule has 4 atom stereocenters. The Morgan fingerprint density at radius 3 is 1.79 bits per heavy atom. The largest absolute Gasteiger partial charge is 0.454 e. The van der Waals surface area contributed by atoms with Gasteiger partial charge in [-0.05, 0) is 82.9 Å². The molecule has 1 rings (SSSR count). The average Bonchev–Trinajstić information content (AvgIpc) is 2.97. The lowest BCUT2D eigenvalue weighted by molar-refractivity contribution is -0.153. The van der Waals surface area contributed by atoms with Crippen molar-refractivity contribution in [3.05, 3.63) is 0 Å². The maximum absolute atomic E-state index is 11.8. The smallest absolute Gasteiger partial charge is 0.338 e. The van der Waals surface area contributed by atoms with Gasteiger partial charge < -0.3 is 20.1 Å². The Balaban J connectivity index is -0.0000000431. The summed E-state index contributed by atoms with van der Waals surface area (Å²) in [5.74, 6) is 33.6. The molecule has 0 aliphatic carbocycles. The van der Waals surface area contributed by atoms with Crippen LogP contribution in [0.2, 0.25) is 0 Å². The molecule has 0 saturated carbocycles. The molecule has 0 amide bonds. The van der Waals surface area contributed by atoms with Crippen molar-refractivity contribution in [3.63, 3.8) is 0 Å². The molecule has 0 aromatic carbocycles. The van der Waals surface area contributed by atoms with E-state index in [0.29, 0.717) is 0 Å². The van der Waals surface area contributed by atoms with Gasteiger partial charge in [0.15, 0.2) is 24.1 Å². The lowest BCUT2D eigenvalue weighted by Crippen LogP contribution is -2.42. The Kier molecular flexibility index (Phi) is 9.94. The molecule has 6 heteroatoms. The number of carbonyl (C=O) groups excluding carboxylic acids is 2. The predicted molar refractivity (Wildman–Crippen MR) is 132 cm³/mol. The number of ether oxygens (including phenoxy) is 1. The van der Waals surface area contributed by atoms with E-state index in [4.69, 9.17) is 6.42 Å². The highest BCUT2D eigenvalue weighted by atomic mass is 16.6. The first-order valence-electron chi connectivity index (χ1n) is 7.70. The number of carbonyl (C=O) groups is 2. The maximum Gasteiger partial charge on any atom is 0.338 e. The molecular formula is C23H40O6. The molecule has 0 spiro atoms. The quantitative estimate of drug-likeness (QED) is 0.477. The number of hydrogen-bond donors (Lipinski definition) is 3. The van der Waals surface area contributed by atoms with E-state index in [-0.39, 0.29) is 21.4 Å². The summed E-state index contributed by atoms with van der Waals surface area (Å²) < 4.78 is 4.55. The fourth-order valence-corrected chi connectivity index (χ4v) is 1.69. The van der Waals surface area contributed by atoms with Gasteiger partial charge in [-0.2, -0.15) is 0 Å². The van der Waals surface area contributed by atoms with E-state index < -0.39 is 42.6 Å². The Morgan fingerprint density at radius 1 is 0.931 bits per heavy atom. The topological polar surface area (TPSA) is 104 Å². The van der Waals surface area contributed by atoms with Crippen molar-refractivity contribution in [1.82, 2.24) is 0 Å². The van der Waals surface area contributed by atoms with Crippen LogP contribution >= 0.6 is 0 Å². The summed E-state index contributed by atoms with van der Waals surface area (Å²) in [6.07, 6.45) is -2.33. The average molecular weight is 413 g/mol. The van der Waals surface area contributed by atoms with Crippen LogP contribution in [0.15, 0.2) is 0 Å². The molecule has 0 aromatic rings. The third-order valence-electron chi connectivity index (χ3n) is 2.97. The first-order chi connectivity index (χ1) is 14.0. The van der Waals surface area contributed by atoms with Crippen molar-refractivity contribution in [2.75, 3.05) is 0 Å². The van der Waals surface area contributed by atoms with E-state index in [9.17, 15) is 24.9 Å². The van der Waals surface area contributed by atoms with Crippen LogP contribution in [-0.4, -0.2) is 51.5 Å². The number of rotatable bonds is 3. The van der Waals surface area contributed by atoms with Crippen LogP contribution in [0.25, 0.3) is 0 Å². The summed E-state index contributed by atoms with van der Waals surface area (Å²) in [5, 5.41) is 28.5. The number of esters is 1. The van der Waals surface area contributed by atoms with Crippen molar-refractivity contribution >= 4 is 11.8 Å². The van der Waals surface area contributed by atoms with E-state index in [0.717, 1.165) is 0 Å². The number of cyclic esters (lactones) is 1. The van der Waals surface area contributed by atoms with Crippen LogP contribution in [0.1, 0.15) is 27.8 Å².